The van der Waals surface area contributed by atoms with E-state index in [1.165, 1.54) is 13.8 Å². The topological polar surface area (TPSA) is 80.4 Å². The van der Waals surface area contributed by atoms with Gasteiger partial charge in [0.05, 0.1) is 11.4 Å². The molecule has 0 fully saturated rings. The highest BCUT2D eigenvalue weighted by Crippen LogP contribution is 1.99. The Labute approximate surface area is 54.7 Å². The van der Waals surface area contributed by atoms with Crippen molar-refractivity contribution in [2.75, 3.05) is 0 Å². The van der Waals surface area contributed by atoms with Crippen LogP contribution < -0.4 is 5.14 Å². The molecule has 3 N–H and O–H groups in total. The number of aliphatic hydroxyl groups is 1. The molecule has 0 aliphatic rings. The number of nitrogens with two attached hydrogens (primary N) is 1. The quantitative estimate of drug-likeness (QED) is 0.536. The second kappa shape index (κ2) is 2.64. The first-order chi connectivity index (χ1) is 3.85. The third-order valence-corrected chi connectivity index (χ3v) is 2.63. The Balaban J connectivity index is 4.24. The first kappa shape index (κ1) is 8.87. The maximum absolute atomic E-state index is 10.4. The summed E-state index contributed by atoms with van der Waals surface area (Å²) in [4.78, 5) is 0. The van der Waals surface area contributed by atoms with Crippen LogP contribution in [0, 0.1) is 0 Å². The van der Waals surface area contributed by atoms with Gasteiger partial charge >= 0.3 is 0 Å². The Morgan fingerprint density at radius 3 is 1.78 bits per heavy atom. The van der Waals surface area contributed by atoms with Crippen molar-refractivity contribution in [3.8, 4) is 0 Å². The van der Waals surface area contributed by atoms with E-state index in [0.717, 1.165) is 0 Å². The van der Waals surface area contributed by atoms with Crippen molar-refractivity contribution in [2.24, 2.45) is 5.14 Å². The molecule has 0 aliphatic heterocycles. The van der Waals surface area contributed by atoms with Crippen molar-refractivity contribution < 1.29 is 13.5 Å². The predicted molar refractivity (Wildman–Crippen MR) is 34.2 cm³/mol. The zero-order valence-electron chi connectivity index (χ0n) is 5.40. The van der Waals surface area contributed by atoms with Gasteiger partial charge in [0, 0.05) is 0 Å². The van der Waals surface area contributed by atoms with E-state index in [1.54, 1.807) is 0 Å². The Morgan fingerprint density at radius 2 is 1.78 bits per heavy atom. The number of hydrogen-bond acceptors (Lipinski definition) is 3. The van der Waals surface area contributed by atoms with Crippen molar-refractivity contribution in [1.82, 2.24) is 0 Å². The van der Waals surface area contributed by atoms with Gasteiger partial charge in [0.15, 0.2) is 0 Å². The maximum atomic E-state index is 10.4. The second-order valence-corrected chi connectivity index (χ2v) is 3.96. The molecule has 0 spiro atoms. The minimum Gasteiger partial charge on any atom is -0.392 e. The molecule has 0 bridgehead atoms. The minimum absolute atomic E-state index is 0.877. The van der Waals surface area contributed by atoms with Crippen LogP contribution in [0.4, 0.5) is 0 Å². The monoisotopic (exact) mass is 153 g/mol. The van der Waals surface area contributed by atoms with Gasteiger partial charge in [-0.25, -0.2) is 13.6 Å². The molecule has 0 saturated heterocycles. The lowest BCUT2D eigenvalue weighted by atomic mass is 10.3. The number of primary sulfonamides is 1. The fourth-order valence-corrected chi connectivity index (χ4v) is 0.824. The van der Waals surface area contributed by atoms with Gasteiger partial charge in [0.1, 0.15) is 0 Å². The molecule has 0 aliphatic carbocycles. The molecule has 5 heteroatoms. The molecule has 9 heavy (non-hydrogen) atoms. The van der Waals surface area contributed by atoms with E-state index in [1.807, 2.05) is 0 Å². The lowest BCUT2D eigenvalue weighted by Gasteiger charge is -2.10. The van der Waals surface area contributed by atoms with Crippen LogP contribution in [0.15, 0.2) is 0 Å². The number of rotatable bonds is 2. The average Bonchev–Trinajstić information content (AvgIpc) is 1.62. The van der Waals surface area contributed by atoms with Gasteiger partial charge in [-0.1, -0.05) is 0 Å². The zero-order valence-corrected chi connectivity index (χ0v) is 6.22. The Morgan fingerprint density at radius 1 is 1.44 bits per heavy atom. The summed E-state index contributed by atoms with van der Waals surface area (Å²) in [6, 6.07) is 0. The summed E-state index contributed by atoms with van der Waals surface area (Å²) in [5, 5.41) is 12.5. The molecule has 56 valence electrons. The van der Waals surface area contributed by atoms with Crippen LogP contribution in [-0.4, -0.2) is 24.9 Å². The average molecular weight is 153 g/mol. The first-order valence-corrected chi connectivity index (χ1v) is 4.16. The summed E-state index contributed by atoms with van der Waals surface area (Å²) in [5.41, 5.74) is 0. The molecule has 4 nitrogen and oxygen atoms in total. The lowest BCUT2D eigenvalue weighted by Crippen LogP contribution is -2.34. The number of hydrogen-bond donors (Lipinski definition) is 2. The highest BCUT2D eigenvalue weighted by Gasteiger charge is 2.20. The smallest absolute Gasteiger partial charge is 0.214 e. The second-order valence-electron chi connectivity index (χ2n) is 2.03. The van der Waals surface area contributed by atoms with E-state index in [2.05, 4.69) is 0 Å². The summed E-state index contributed by atoms with van der Waals surface area (Å²) in [6.45, 7) is 2.75. The van der Waals surface area contributed by atoms with Gasteiger partial charge in [0.25, 0.3) is 0 Å². The Bertz CT molecular complexity index is 172. The first-order valence-electron chi connectivity index (χ1n) is 2.55. The van der Waals surface area contributed by atoms with Crippen LogP contribution in [0.2, 0.25) is 0 Å². The molecule has 0 saturated carbocycles. The van der Waals surface area contributed by atoms with E-state index in [4.69, 9.17) is 10.2 Å². The Kier molecular flexibility index (Phi) is 2.60. The normalized spacial score (nSPS) is 19.1. The summed E-state index contributed by atoms with van der Waals surface area (Å²) in [5.74, 6) is 0. The van der Waals surface area contributed by atoms with Crippen molar-refractivity contribution in [1.29, 1.82) is 0 Å². The van der Waals surface area contributed by atoms with Gasteiger partial charge in [-0.05, 0) is 13.8 Å². The van der Waals surface area contributed by atoms with Crippen LogP contribution in [0.25, 0.3) is 0 Å². The zero-order chi connectivity index (χ0) is 7.65. The van der Waals surface area contributed by atoms with E-state index in [0.29, 0.717) is 0 Å². The molecule has 0 rings (SSSR count). The largest absolute Gasteiger partial charge is 0.392 e. The van der Waals surface area contributed by atoms with Crippen molar-refractivity contribution in [3.05, 3.63) is 0 Å². The Hall–Kier alpha value is -0.130. The van der Waals surface area contributed by atoms with Crippen LogP contribution in [0.3, 0.4) is 0 Å². The van der Waals surface area contributed by atoms with Gasteiger partial charge < -0.3 is 5.11 Å². The molecular formula is C4H11NO3S. The highest BCUT2D eigenvalue weighted by atomic mass is 32.2. The summed E-state index contributed by atoms with van der Waals surface area (Å²) < 4.78 is 20.8. The maximum Gasteiger partial charge on any atom is 0.214 e. The van der Waals surface area contributed by atoms with Gasteiger partial charge in [-0.15, -0.1) is 0 Å². The molecule has 0 aromatic rings. The lowest BCUT2D eigenvalue weighted by molar-refractivity contribution is 0.193. The SMILES string of the molecule is C[C@H](O)[C@@H](C)S(N)(=O)=O. The van der Waals surface area contributed by atoms with Crippen LogP contribution >= 0.6 is 0 Å². The van der Waals surface area contributed by atoms with E-state index in [-0.39, 0.29) is 0 Å². The third kappa shape index (κ3) is 2.78. The predicted octanol–water partition coefficient (Wildman–Crippen LogP) is -0.956. The molecule has 2 atom stereocenters. The third-order valence-electron chi connectivity index (χ3n) is 1.20. The van der Waals surface area contributed by atoms with Gasteiger partial charge in [-0.2, -0.15) is 0 Å². The molecule has 0 amide bonds. The van der Waals surface area contributed by atoms with E-state index < -0.39 is 21.4 Å². The van der Waals surface area contributed by atoms with Gasteiger partial charge in [0.2, 0.25) is 10.0 Å². The summed E-state index contributed by atoms with van der Waals surface area (Å²) in [7, 11) is -3.55. The van der Waals surface area contributed by atoms with E-state index >= 15 is 0 Å². The van der Waals surface area contributed by atoms with Crippen LogP contribution in [-0.2, 0) is 10.0 Å². The number of aliphatic hydroxyl groups excluding tert-OH is 1. The van der Waals surface area contributed by atoms with Crippen LogP contribution in [0.5, 0.6) is 0 Å². The van der Waals surface area contributed by atoms with Crippen molar-refractivity contribution >= 4 is 10.0 Å². The molecule has 0 aromatic carbocycles. The molecule has 0 unspecified atom stereocenters. The van der Waals surface area contributed by atoms with E-state index in [9.17, 15) is 8.42 Å². The minimum atomic E-state index is -3.55. The van der Waals surface area contributed by atoms with Gasteiger partial charge in [-0.3, -0.25) is 0 Å². The molecule has 0 aromatic heterocycles. The highest BCUT2D eigenvalue weighted by molar-refractivity contribution is 7.89. The summed E-state index contributed by atoms with van der Waals surface area (Å²) >= 11 is 0. The van der Waals surface area contributed by atoms with Crippen molar-refractivity contribution in [2.45, 2.75) is 25.2 Å². The molecular weight excluding hydrogens is 142 g/mol. The van der Waals surface area contributed by atoms with Crippen molar-refractivity contribution in [3.63, 3.8) is 0 Å². The molecule has 0 radical (unpaired) electrons. The van der Waals surface area contributed by atoms with Crippen LogP contribution in [0.1, 0.15) is 13.8 Å². The summed E-state index contributed by atoms with van der Waals surface area (Å²) in [6.07, 6.45) is -0.903. The fraction of sp³-hybridized carbons (Fsp3) is 1.00. The number of sulfonamides is 1. The standard InChI is InChI=1S/C4H11NO3S/c1-3(6)4(2)9(5,7)8/h3-4,6H,1-2H3,(H2,5,7,8)/t3-,4+/m0/s1. The fourth-order valence-electron chi connectivity index (χ4n) is 0.275. The molecule has 0 heterocycles.